The van der Waals surface area contributed by atoms with E-state index >= 15 is 0 Å². The second-order valence-corrected chi connectivity index (χ2v) is 4.59. The lowest BCUT2D eigenvalue weighted by Crippen LogP contribution is -2.33. The number of nitrogens with zero attached hydrogens (tertiary/aromatic N) is 3. The molecule has 0 unspecified atom stereocenters. The SMILES string of the molecule is CCCN(CCCl)C(=O)c1cccc2nccnc12. The zero-order chi connectivity index (χ0) is 13.7. The summed E-state index contributed by atoms with van der Waals surface area (Å²) < 4.78 is 0. The van der Waals surface area contributed by atoms with Crippen molar-refractivity contribution in [3.8, 4) is 0 Å². The minimum atomic E-state index is -0.0337. The van der Waals surface area contributed by atoms with Crippen LogP contribution in [0.5, 0.6) is 0 Å². The van der Waals surface area contributed by atoms with Crippen molar-refractivity contribution in [1.29, 1.82) is 0 Å². The number of fused-ring (bicyclic) bond motifs is 1. The van der Waals surface area contributed by atoms with Crippen LogP contribution in [-0.4, -0.2) is 39.7 Å². The Bertz CT molecular complexity index is 562. The van der Waals surface area contributed by atoms with Crippen molar-refractivity contribution in [1.82, 2.24) is 14.9 Å². The van der Waals surface area contributed by atoms with Gasteiger partial charge in [0, 0.05) is 31.4 Å². The van der Waals surface area contributed by atoms with Gasteiger partial charge in [0.1, 0.15) is 5.52 Å². The molecule has 19 heavy (non-hydrogen) atoms. The van der Waals surface area contributed by atoms with Gasteiger partial charge >= 0.3 is 0 Å². The molecule has 0 aliphatic rings. The van der Waals surface area contributed by atoms with Crippen LogP contribution in [0.4, 0.5) is 0 Å². The lowest BCUT2D eigenvalue weighted by Gasteiger charge is -2.21. The van der Waals surface area contributed by atoms with Crippen molar-refractivity contribution in [3.63, 3.8) is 0 Å². The van der Waals surface area contributed by atoms with Crippen molar-refractivity contribution < 1.29 is 4.79 Å². The third kappa shape index (κ3) is 3.01. The fraction of sp³-hybridized carbons (Fsp3) is 0.357. The largest absolute Gasteiger partial charge is 0.337 e. The predicted molar refractivity (Wildman–Crippen MR) is 76.5 cm³/mol. The molecule has 0 spiro atoms. The van der Waals surface area contributed by atoms with E-state index in [0.717, 1.165) is 11.9 Å². The fourth-order valence-corrected chi connectivity index (χ4v) is 2.23. The number of aromatic nitrogens is 2. The summed E-state index contributed by atoms with van der Waals surface area (Å²) in [5.74, 6) is 0.399. The van der Waals surface area contributed by atoms with Crippen LogP contribution >= 0.6 is 11.6 Å². The Labute approximate surface area is 117 Å². The van der Waals surface area contributed by atoms with E-state index in [9.17, 15) is 4.79 Å². The molecule has 2 rings (SSSR count). The first-order valence-electron chi connectivity index (χ1n) is 6.33. The van der Waals surface area contributed by atoms with Crippen LogP contribution in [-0.2, 0) is 0 Å². The molecule has 5 heteroatoms. The van der Waals surface area contributed by atoms with E-state index in [1.54, 1.807) is 23.4 Å². The minimum absolute atomic E-state index is 0.0337. The average Bonchev–Trinajstić information content (AvgIpc) is 2.46. The van der Waals surface area contributed by atoms with Gasteiger partial charge in [0.25, 0.3) is 5.91 Å². The zero-order valence-electron chi connectivity index (χ0n) is 10.8. The first-order chi connectivity index (χ1) is 9.27. The van der Waals surface area contributed by atoms with E-state index in [1.165, 1.54) is 0 Å². The molecule has 0 aliphatic heterocycles. The Balaban J connectivity index is 2.39. The maximum absolute atomic E-state index is 12.5. The van der Waals surface area contributed by atoms with Gasteiger partial charge in [0.2, 0.25) is 0 Å². The van der Waals surface area contributed by atoms with Gasteiger partial charge in [0.05, 0.1) is 11.1 Å². The number of hydrogen-bond acceptors (Lipinski definition) is 3. The van der Waals surface area contributed by atoms with Crippen molar-refractivity contribution in [2.45, 2.75) is 13.3 Å². The van der Waals surface area contributed by atoms with E-state index in [-0.39, 0.29) is 5.91 Å². The van der Waals surface area contributed by atoms with Crippen LogP contribution in [0.1, 0.15) is 23.7 Å². The van der Waals surface area contributed by atoms with Crippen LogP contribution in [0.25, 0.3) is 11.0 Å². The number of rotatable bonds is 5. The van der Waals surface area contributed by atoms with E-state index in [1.807, 2.05) is 19.1 Å². The van der Waals surface area contributed by atoms with Crippen molar-refractivity contribution in [2.75, 3.05) is 19.0 Å². The highest BCUT2D eigenvalue weighted by atomic mass is 35.5. The highest BCUT2D eigenvalue weighted by molar-refractivity contribution is 6.18. The molecule has 2 aromatic rings. The van der Waals surface area contributed by atoms with E-state index in [0.29, 0.717) is 30.0 Å². The number of alkyl halides is 1. The normalized spacial score (nSPS) is 10.6. The summed E-state index contributed by atoms with van der Waals surface area (Å²) in [4.78, 5) is 22.8. The Morgan fingerprint density at radius 1 is 1.26 bits per heavy atom. The number of amides is 1. The van der Waals surface area contributed by atoms with Gasteiger partial charge in [-0.2, -0.15) is 0 Å². The summed E-state index contributed by atoms with van der Waals surface area (Å²) in [6, 6.07) is 5.47. The highest BCUT2D eigenvalue weighted by Crippen LogP contribution is 2.16. The van der Waals surface area contributed by atoms with Gasteiger partial charge in [-0.05, 0) is 18.6 Å². The Hall–Kier alpha value is -1.68. The van der Waals surface area contributed by atoms with E-state index < -0.39 is 0 Å². The van der Waals surface area contributed by atoms with Gasteiger partial charge < -0.3 is 4.90 Å². The molecular formula is C14H16ClN3O. The van der Waals surface area contributed by atoms with E-state index in [4.69, 9.17) is 11.6 Å². The maximum Gasteiger partial charge on any atom is 0.256 e. The molecule has 1 aromatic heterocycles. The second-order valence-electron chi connectivity index (χ2n) is 4.21. The molecule has 0 saturated carbocycles. The van der Waals surface area contributed by atoms with Crippen molar-refractivity contribution in [3.05, 3.63) is 36.2 Å². The number of benzene rings is 1. The Kier molecular flexibility index (Phi) is 4.68. The quantitative estimate of drug-likeness (QED) is 0.790. The topological polar surface area (TPSA) is 46.1 Å². The second kappa shape index (κ2) is 6.48. The van der Waals surface area contributed by atoms with Gasteiger partial charge in [-0.25, -0.2) is 0 Å². The van der Waals surface area contributed by atoms with Crippen LogP contribution < -0.4 is 0 Å². The van der Waals surface area contributed by atoms with Crippen LogP contribution in [0.2, 0.25) is 0 Å². The lowest BCUT2D eigenvalue weighted by molar-refractivity contribution is 0.0767. The Morgan fingerprint density at radius 2 is 2.05 bits per heavy atom. The number of carbonyl (C=O) groups excluding carboxylic acids is 1. The molecule has 0 fully saturated rings. The first kappa shape index (κ1) is 13.7. The molecule has 0 saturated heterocycles. The summed E-state index contributed by atoms with van der Waals surface area (Å²) in [5.41, 5.74) is 1.96. The molecular weight excluding hydrogens is 262 g/mol. The number of para-hydroxylation sites is 1. The third-order valence-electron chi connectivity index (χ3n) is 2.86. The van der Waals surface area contributed by atoms with Crippen LogP contribution in [0, 0.1) is 0 Å². The van der Waals surface area contributed by atoms with Crippen LogP contribution in [0.3, 0.4) is 0 Å². The van der Waals surface area contributed by atoms with E-state index in [2.05, 4.69) is 9.97 Å². The standard InChI is InChI=1S/C14H16ClN3O/c1-2-9-18(10-6-15)14(19)11-4-3-5-12-13(11)17-8-7-16-12/h3-5,7-8H,2,6,9-10H2,1H3. The molecule has 100 valence electrons. The molecule has 0 N–H and O–H groups in total. The summed E-state index contributed by atoms with van der Waals surface area (Å²) in [5, 5.41) is 0. The fourth-order valence-electron chi connectivity index (χ4n) is 2.02. The lowest BCUT2D eigenvalue weighted by atomic mass is 10.1. The Morgan fingerprint density at radius 3 is 2.79 bits per heavy atom. The maximum atomic E-state index is 12.5. The first-order valence-corrected chi connectivity index (χ1v) is 6.86. The van der Waals surface area contributed by atoms with Gasteiger partial charge in [-0.1, -0.05) is 13.0 Å². The third-order valence-corrected chi connectivity index (χ3v) is 3.03. The molecule has 0 atom stereocenters. The number of carbonyl (C=O) groups is 1. The molecule has 1 heterocycles. The molecule has 0 bridgehead atoms. The summed E-state index contributed by atoms with van der Waals surface area (Å²) in [6.07, 6.45) is 4.13. The average molecular weight is 278 g/mol. The zero-order valence-corrected chi connectivity index (χ0v) is 11.6. The van der Waals surface area contributed by atoms with Gasteiger partial charge in [-0.15, -0.1) is 11.6 Å². The van der Waals surface area contributed by atoms with Gasteiger partial charge in [-0.3, -0.25) is 14.8 Å². The van der Waals surface area contributed by atoms with Crippen molar-refractivity contribution in [2.24, 2.45) is 0 Å². The van der Waals surface area contributed by atoms with Crippen LogP contribution in [0.15, 0.2) is 30.6 Å². The monoisotopic (exact) mass is 277 g/mol. The van der Waals surface area contributed by atoms with Crippen molar-refractivity contribution >= 4 is 28.5 Å². The summed E-state index contributed by atoms with van der Waals surface area (Å²) in [7, 11) is 0. The number of hydrogen-bond donors (Lipinski definition) is 0. The number of halogens is 1. The highest BCUT2D eigenvalue weighted by Gasteiger charge is 2.17. The molecule has 4 nitrogen and oxygen atoms in total. The molecule has 0 aliphatic carbocycles. The molecule has 1 amide bonds. The predicted octanol–water partition coefficient (Wildman–Crippen LogP) is 2.72. The summed E-state index contributed by atoms with van der Waals surface area (Å²) >= 11 is 5.76. The summed E-state index contributed by atoms with van der Waals surface area (Å²) in [6.45, 7) is 3.28. The van der Waals surface area contributed by atoms with Gasteiger partial charge in [0.15, 0.2) is 0 Å². The molecule has 0 radical (unpaired) electrons. The minimum Gasteiger partial charge on any atom is -0.337 e. The molecule has 1 aromatic carbocycles. The smallest absolute Gasteiger partial charge is 0.256 e.